The Hall–Kier alpha value is -4.43. The average Bonchev–Trinajstić information content (AvgIpc) is 3.06. The molecule has 2 aliphatic heterocycles. The van der Waals surface area contributed by atoms with Crippen LogP contribution < -0.4 is 4.72 Å². The highest BCUT2D eigenvalue weighted by Crippen LogP contribution is 2.44. The summed E-state index contributed by atoms with van der Waals surface area (Å²) in [6.07, 6.45) is 1.34. The molecule has 2 heterocycles. The van der Waals surface area contributed by atoms with Crippen LogP contribution in [0.5, 0.6) is 17.2 Å². The number of amides is 1. The minimum absolute atomic E-state index is 0.0202. The van der Waals surface area contributed by atoms with E-state index >= 15 is 0 Å². The van der Waals surface area contributed by atoms with Crippen molar-refractivity contribution in [3.05, 3.63) is 112 Å². The van der Waals surface area contributed by atoms with Crippen molar-refractivity contribution in [2.75, 3.05) is 19.6 Å². The molecule has 6 rings (SSSR count). The van der Waals surface area contributed by atoms with Crippen LogP contribution in [0.3, 0.4) is 0 Å². The third-order valence-electron chi connectivity index (χ3n) is 8.49. The lowest BCUT2D eigenvalue weighted by Crippen LogP contribution is -2.37. The third-order valence-corrected chi connectivity index (χ3v) is 11.8. The van der Waals surface area contributed by atoms with E-state index in [0.717, 1.165) is 32.6 Å². The van der Waals surface area contributed by atoms with Crippen LogP contribution in [0, 0.1) is 0 Å². The third kappa shape index (κ3) is 6.06. The Morgan fingerprint density at radius 3 is 2.15 bits per heavy atom. The molecule has 0 radical (unpaired) electrons. The topological polar surface area (TPSA) is 165 Å². The van der Waals surface area contributed by atoms with E-state index in [1.165, 1.54) is 17.0 Å². The summed E-state index contributed by atoms with van der Waals surface area (Å²) in [7, 11) is -8.24. The zero-order valence-corrected chi connectivity index (χ0v) is 26.4. The van der Waals surface area contributed by atoms with Gasteiger partial charge in [-0.3, -0.25) is 4.79 Å². The number of carbonyl (C=O) groups excluding carboxylic acids is 1. The number of hydrogen-bond acceptors (Lipinski definition) is 8. The molecule has 2 aliphatic rings. The lowest BCUT2D eigenvalue weighted by Gasteiger charge is -2.30. The summed E-state index contributed by atoms with van der Waals surface area (Å²) < 4.78 is 57.2. The van der Waals surface area contributed by atoms with Gasteiger partial charge in [0.05, 0.1) is 10.5 Å². The summed E-state index contributed by atoms with van der Waals surface area (Å²) in [5, 5.41) is 31.8. The quantitative estimate of drug-likeness (QED) is 0.209. The largest absolute Gasteiger partial charge is 0.504 e. The van der Waals surface area contributed by atoms with Gasteiger partial charge in [-0.2, -0.15) is 4.31 Å². The Bertz CT molecular complexity index is 2030. The molecule has 13 heteroatoms. The van der Waals surface area contributed by atoms with Gasteiger partial charge in [0.2, 0.25) is 25.8 Å². The van der Waals surface area contributed by atoms with Crippen LogP contribution in [0.2, 0.25) is 0 Å². The van der Waals surface area contributed by atoms with Crippen molar-refractivity contribution in [3.8, 4) is 17.2 Å². The van der Waals surface area contributed by atoms with E-state index in [4.69, 9.17) is 0 Å². The molecule has 1 amide bonds. The van der Waals surface area contributed by atoms with E-state index in [-0.39, 0.29) is 37.6 Å². The number of nitrogens with zero attached hydrogens (tertiary/aromatic N) is 2. The van der Waals surface area contributed by atoms with Crippen molar-refractivity contribution in [1.82, 2.24) is 13.9 Å². The maximum Gasteiger partial charge on any atom is 0.258 e. The molecule has 0 aliphatic carbocycles. The predicted molar refractivity (Wildman–Crippen MR) is 169 cm³/mol. The second-order valence-electron chi connectivity index (χ2n) is 11.4. The molecule has 46 heavy (non-hydrogen) atoms. The summed E-state index contributed by atoms with van der Waals surface area (Å²) in [5.74, 6) is -3.90. The van der Waals surface area contributed by atoms with Crippen molar-refractivity contribution in [1.29, 1.82) is 0 Å². The normalized spacial score (nSPS) is 15.3. The lowest BCUT2D eigenvalue weighted by atomic mass is 9.99. The average molecular weight is 664 g/mol. The zero-order valence-electron chi connectivity index (χ0n) is 24.8. The Kier molecular flexibility index (Phi) is 8.51. The summed E-state index contributed by atoms with van der Waals surface area (Å²) in [6.45, 7) is 0.539. The van der Waals surface area contributed by atoms with Gasteiger partial charge in [-0.25, -0.2) is 21.6 Å². The number of carbonyl (C=O) groups is 1. The fraction of sp³-hybridized carbons (Fsp3) is 0.242. The fourth-order valence-electron chi connectivity index (χ4n) is 5.90. The number of nitrogens with one attached hydrogen (secondary N) is 1. The highest BCUT2D eigenvalue weighted by Gasteiger charge is 2.35. The second-order valence-corrected chi connectivity index (χ2v) is 15.0. The van der Waals surface area contributed by atoms with Gasteiger partial charge < -0.3 is 20.2 Å². The summed E-state index contributed by atoms with van der Waals surface area (Å²) in [5.41, 5.74) is 3.72. The number of benzene rings is 4. The number of phenolic OH excluding ortho intramolecular Hbond substituents is 3. The molecular formula is C33H33N3O8S2. The van der Waals surface area contributed by atoms with Crippen molar-refractivity contribution >= 4 is 26.0 Å². The zero-order chi connectivity index (χ0) is 32.6. The molecule has 4 N–H and O–H groups in total. The van der Waals surface area contributed by atoms with E-state index in [9.17, 15) is 36.9 Å². The second kappa shape index (κ2) is 12.4. The number of hydrogen-bond donors (Lipinski definition) is 4. The van der Waals surface area contributed by atoms with Crippen LogP contribution in [-0.2, 0) is 52.4 Å². The van der Waals surface area contributed by atoms with Crippen LogP contribution >= 0.6 is 0 Å². The molecule has 240 valence electrons. The highest BCUT2D eigenvalue weighted by molar-refractivity contribution is 7.89. The van der Waals surface area contributed by atoms with Crippen molar-refractivity contribution < 1.29 is 36.9 Å². The fourth-order valence-corrected chi connectivity index (χ4v) is 8.51. The number of fused-ring (bicyclic) bond motifs is 2. The maximum absolute atomic E-state index is 13.7. The first-order valence-electron chi connectivity index (χ1n) is 14.7. The number of aromatic hydroxyl groups is 3. The van der Waals surface area contributed by atoms with E-state index in [0.29, 0.717) is 24.8 Å². The van der Waals surface area contributed by atoms with Crippen LogP contribution in [0.25, 0.3) is 0 Å². The monoisotopic (exact) mass is 663 g/mol. The standard InChI is InChI=1S/C33H33N3O8S2/c37-30-28(19-29(31(38)32(30)39)46(43,44)36-17-14-23-8-4-5-9-25(23)21-36)33(40)35-16-13-24-10-11-27(18-26(24)20-35)45(41,42)34-15-12-22-6-2-1-3-7-22/h1-11,18-19,34,37-39H,12-17,20-21H2. The van der Waals surface area contributed by atoms with Crippen molar-refractivity contribution in [2.45, 2.75) is 42.1 Å². The Morgan fingerprint density at radius 1 is 0.717 bits per heavy atom. The number of sulfonamides is 2. The lowest BCUT2D eigenvalue weighted by molar-refractivity contribution is 0.0730. The molecular weight excluding hydrogens is 631 g/mol. The van der Waals surface area contributed by atoms with Gasteiger partial charge in [-0.1, -0.05) is 60.7 Å². The minimum Gasteiger partial charge on any atom is -0.504 e. The number of phenols is 3. The first kappa shape index (κ1) is 31.5. The van der Waals surface area contributed by atoms with Crippen molar-refractivity contribution in [3.63, 3.8) is 0 Å². The van der Waals surface area contributed by atoms with E-state index < -0.39 is 53.7 Å². The summed E-state index contributed by atoms with van der Waals surface area (Å²) >= 11 is 0. The molecule has 0 aromatic heterocycles. The molecule has 0 unspecified atom stereocenters. The van der Waals surface area contributed by atoms with Crippen LogP contribution in [-0.4, -0.2) is 66.9 Å². The van der Waals surface area contributed by atoms with E-state index in [1.54, 1.807) is 12.1 Å². The molecule has 11 nitrogen and oxygen atoms in total. The van der Waals surface area contributed by atoms with Gasteiger partial charge in [0.1, 0.15) is 4.90 Å². The first-order valence-corrected chi connectivity index (χ1v) is 17.7. The highest BCUT2D eigenvalue weighted by atomic mass is 32.2. The van der Waals surface area contributed by atoms with Gasteiger partial charge in [-0.05, 0) is 65.3 Å². The molecule has 4 aromatic rings. The number of rotatable bonds is 8. The van der Waals surface area contributed by atoms with Gasteiger partial charge in [0, 0.05) is 32.7 Å². The molecule has 0 fully saturated rings. The maximum atomic E-state index is 13.7. The van der Waals surface area contributed by atoms with Crippen LogP contribution in [0.4, 0.5) is 0 Å². The van der Waals surface area contributed by atoms with E-state index in [2.05, 4.69) is 4.72 Å². The SMILES string of the molecule is O=C(c1cc(S(=O)(=O)N2CCc3ccccc3C2)c(O)c(O)c1O)N1CCc2ccc(S(=O)(=O)NCCc3ccccc3)cc2C1. The van der Waals surface area contributed by atoms with Crippen LogP contribution in [0.1, 0.15) is 38.2 Å². The van der Waals surface area contributed by atoms with Gasteiger partial charge in [-0.15, -0.1) is 0 Å². The molecule has 0 bridgehead atoms. The molecule has 0 saturated heterocycles. The van der Waals surface area contributed by atoms with Gasteiger partial charge in [0.25, 0.3) is 5.91 Å². The van der Waals surface area contributed by atoms with Crippen molar-refractivity contribution in [2.24, 2.45) is 0 Å². The molecule has 0 atom stereocenters. The van der Waals surface area contributed by atoms with E-state index in [1.807, 2.05) is 48.5 Å². The molecule has 0 spiro atoms. The smallest absolute Gasteiger partial charge is 0.258 e. The van der Waals surface area contributed by atoms with Crippen LogP contribution in [0.15, 0.2) is 88.7 Å². The Labute approximate surface area is 267 Å². The molecule has 0 saturated carbocycles. The van der Waals surface area contributed by atoms with Gasteiger partial charge in [0.15, 0.2) is 11.5 Å². The predicted octanol–water partition coefficient (Wildman–Crippen LogP) is 3.27. The summed E-state index contributed by atoms with van der Waals surface area (Å²) in [6, 6.07) is 22.5. The first-order chi connectivity index (χ1) is 22.0. The Balaban J connectivity index is 1.23. The van der Waals surface area contributed by atoms with Gasteiger partial charge >= 0.3 is 0 Å². The Morgan fingerprint density at radius 2 is 1.39 bits per heavy atom. The molecule has 4 aromatic carbocycles. The summed E-state index contributed by atoms with van der Waals surface area (Å²) in [4.78, 5) is 14.4. The minimum atomic E-state index is -4.39.